The Kier molecular flexibility index (Phi) is 5.49. The minimum absolute atomic E-state index is 0.448. The van der Waals surface area contributed by atoms with Gasteiger partial charge < -0.3 is 4.74 Å². The number of alkyl halides is 1. The first-order valence-electron chi connectivity index (χ1n) is 5.56. The Morgan fingerprint density at radius 3 is 2.30 bits per heavy atom. The minimum Gasteiger partial charge on any atom is -0.495 e. The fourth-order valence-corrected chi connectivity index (χ4v) is 3.06. The molecule has 0 aromatic heterocycles. The number of halogens is 5. The predicted octanol–water partition coefficient (Wildman–Crippen LogP) is 6.75. The third-order valence-corrected chi connectivity index (χ3v) is 5.12. The van der Waals surface area contributed by atoms with Gasteiger partial charge in [-0.05, 0) is 45.3 Å². The van der Waals surface area contributed by atoms with E-state index in [2.05, 4.69) is 15.9 Å². The Hall–Kier alpha value is -0.120. The van der Waals surface area contributed by atoms with Crippen LogP contribution in [0, 0.1) is 0 Å². The van der Waals surface area contributed by atoms with E-state index in [-0.39, 0.29) is 0 Å². The van der Waals surface area contributed by atoms with Crippen LogP contribution in [-0.2, 0) is 0 Å². The average Bonchev–Trinajstić information content (AvgIpc) is 2.43. The maximum Gasteiger partial charge on any atom is 0.138 e. The van der Waals surface area contributed by atoms with E-state index >= 15 is 0 Å². The zero-order valence-corrected chi connectivity index (χ0v) is 14.9. The molecule has 0 amide bonds. The third kappa shape index (κ3) is 3.37. The summed E-state index contributed by atoms with van der Waals surface area (Å²) in [6, 6.07) is 8.86. The Bertz CT molecular complexity index is 645. The maximum atomic E-state index is 6.47. The predicted molar refractivity (Wildman–Crippen MR) is 89.9 cm³/mol. The van der Waals surface area contributed by atoms with Crippen molar-refractivity contribution < 1.29 is 4.74 Å². The second kappa shape index (κ2) is 6.76. The van der Waals surface area contributed by atoms with Gasteiger partial charge in [0.1, 0.15) is 5.75 Å². The number of methoxy groups -OCH3 is 1. The molecule has 106 valence electrons. The summed E-state index contributed by atoms with van der Waals surface area (Å²) < 4.78 is 5.93. The zero-order valence-electron chi connectivity index (χ0n) is 10.3. The summed E-state index contributed by atoms with van der Waals surface area (Å²) in [7, 11) is 1.53. The molecule has 2 aromatic carbocycles. The van der Waals surface area contributed by atoms with Gasteiger partial charge in [0.25, 0.3) is 0 Å². The van der Waals surface area contributed by atoms with Gasteiger partial charge in [0.05, 0.1) is 22.5 Å². The highest BCUT2D eigenvalue weighted by molar-refractivity contribution is 9.10. The van der Waals surface area contributed by atoms with Crippen LogP contribution >= 0.6 is 62.3 Å². The van der Waals surface area contributed by atoms with Gasteiger partial charge >= 0.3 is 0 Å². The standard InChI is InChI=1S/C14H9BrCl4O/c1-20-13-6-10(16)8(5-12(13)18)14(19)7-2-3-9(15)11(17)4-7/h2-6,14H,1H3. The van der Waals surface area contributed by atoms with Crippen molar-refractivity contribution in [3.05, 3.63) is 61.0 Å². The second-order valence-corrected chi connectivity index (χ2v) is 6.56. The summed E-state index contributed by atoms with van der Waals surface area (Å²) in [6.07, 6.45) is 0. The fraction of sp³-hybridized carbons (Fsp3) is 0.143. The third-order valence-electron chi connectivity index (χ3n) is 2.78. The highest BCUT2D eigenvalue weighted by atomic mass is 79.9. The molecule has 6 heteroatoms. The van der Waals surface area contributed by atoms with Gasteiger partial charge in [-0.15, -0.1) is 11.6 Å². The smallest absolute Gasteiger partial charge is 0.138 e. The second-order valence-electron chi connectivity index (χ2n) is 4.04. The molecule has 0 radical (unpaired) electrons. The molecule has 0 fully saturated rings. The number of hydrogen-bond donors (Lipinski definition) is 0. The molecule has 0 N–H and O–H groups in total. The van der Waals surface area contributed by atoms with Gasteiger partial charge in [0.15, 0.2) is 0 Å². The van der Waals surface area contributed by atoms with Crippen molar-refractivity contribution >= 4 is 62.3 Å². The monoisotopic (exact) mass is 412 g/mol. The van der Waals surface area contributed by atoms with E-state index in [1.807, 2.05) is 12.1 Å². The molecule has 0 spiro atoms. The molecule has 0 saturated carbocycles. The molecule has 0 aliphatic rings. The summed E-state index contributed by atoms with van der Waals surface area (Å²) in [6.45, 7) is 0. The van der Waals surface area contributed by atoms with Crippen molar-refractivity contribution in [1.82, 2.24) is 0 Å². The van der Waals surface area contributed by atoms with Gasteiger partial charge in [0, 0.05) is 15.6 Å². The molecule has 20 heavy (non-hydrogen) atoms. The lowest BCUT2D eigenvalue weighted by molar-refractivity contribution is 0.415. The van der Waals surface area contributed by atoms with Gasteiger partial charge in [-0.1, -0.05) is 40.9 Å². The van der Waals surface area contributed by atoms with Crippen molar-refractivity contribution in [3.8, 4) is 5.75 Å². The first-order chi connectivity index (χ1) is 9.43. The van der Waals surface area contributed by atoms with Crippen LogP contribution in [0.15, 0.2) is 34.8 Å². The highest BCUT2D eigenvalue weighted by Gasteiger charge is 2.18. The Balaban J connectivity index is 2.45. The van der Waals surface area contributed by atoms with E-state index < -0.39 is 5.38 Å². The molecule has 0 aliphatic heterocycles. The van der Waals surface area contributed by atoms with Crippen molar-refractivity contribution in [1.29, 1.82) is 0 Å². The maximum absolute atomic E-state index is 6.47. The van der Waals surface area contributed by atoms with E-state index in [1.165, 1.54) is 7.11 Å². The van der Waals surface area contributed by atoms with E-state index in [0.717, 1.165) is 10.0 Å². The van der Waals surface area contributed by atoms with E-state index in [0.29, 0.717) is 26.4 Å². The Morgan fingerprint density at radius 1 is 1.00 bits per heavy atom. The zero-order chi connectivity index (χ0) is 14.9. The van der Waals surface area contributed by atoms with Crippen LogP contribution in [0.2, 0.25) is 15.1 Å². The molecule has 1 atom stereocenters. The number of ether oxygens (including phenoxy) is 1. The Morgan fingerprint density at radius 2 is 1.70 bits per heavy atom. The van der Waals surface area contributed by atoms with Crippen LogP contribution in [0.4, 0.5) is 0 Å². The summed E-state index contributed by atoms with van der Waals surface area (Å²) in [4.78, 5) is 0. The lowest BCUT2D eigenvalue weighted by Crippen LogP contribution is -1.96. The lowest BCUT2D eigenvalue weighted by atomic mass is 10.0. The first-order valence-corrected chi connectivity index (χ1v) is 7.92. The van der Waals surface area contributed by atoms with Crippen LogP contribution in [-0.4, -0.2) is 7.11 Å². The summed E-state index contributed by atoms with van der Waals surface area (Å²) >= 11 is 28.2. The Labute approximate surface area is 145 Å². The number of benzene rings is 2. The molecule has 1 unspecified atom stereocenters. The fourth-order valence-electron chi connectivity index (χ4n) is 1.74. The van der Waals surface area contributed by atoms with Gasteiger partial charge in [-0.3, -0.25) is 0 Å². The van der Waals surface area contributed by atoms with Gasteiger partial charge in [-0.2, -0.15) is 0 Å². The van der Waals surface area contributed by atoms with Crippen LogP contribution in [0.5, 0.6) is 5.75 Å². The molecular weight excluding hydrogens is 406 g/mol. The SMILES string of the molecule is COc1cc(Cl)c(C(Cl)c2ccc(Br)c(Cl)c2)cc1Cl. The molecule has 2 rings (SSSR count). The van der Waals surface area contributed by atoms with Gasteiger partial charge in [-0.25, -0.2) is 0 Å². The van der Waals surface area contributed by atoms with Crippen LogP contribution in [0.1, 0.15) is 16.5 Å². The number of hydrogen-bond acceptors (Lipinski definition) is 1. The molecule has 0 aliphatic carbocycles. The van der Waals surface area contributed by atoms with Gasteiger partial charge in [0.2, 0.25) is 0 Å². The van der Waals surface area contributed by atoms with Crippen molar-refractivity contribution in [2.24, 2.45) is 0 Å². The van der Waals surface area contributed by atoms with Crippen molar-refractivity contribution in [2.45, 2.75) is 5.38 Å². The van der Waals surface area contributed by atoms with Crippen molar-refractivity contribution in [2.75, 3.05) is 7.11 Å². The van der Waals surface area contributed by atoms with E-state index in [9.17, 15) is 0 Å². The normalized spacial score (nSPS) is 12.3. The minimum atomic E-state index is -0.448. The molecular formula is C14H9BrCl4O. The van der Waals surface area contributed by atoms with Crippen LogP contribution < -0.4 is 4.74 Å². The van der Waals surface area contributed by atoms with Crippen molar-refractivity contribution in [3.63, 3.8) is 0 Å². The molecule has 0 heterocycles. The molecule has 1 nitrogen and oxygen atoms in total. The lowest BCUT2D eigenvalue weighted by Gasteiger charge is -2.15. The highest BCUT2D eigenvalue weighted by Crippen LogP contribution is 2.40. The van der Waals surface area contributed by atoms with Crippen LogP contribution in [0.3, 0.4) is 0 Å². The molecule has 0 bridgehead atoms. The summed E-state index contributed by atoms with van der Waals surface area (Å²) in [5.41, 5.74) is 1.54. The van der Waals surface area contributed by atoms with E-state index in [4.69, 9.17) is 51.1 Å². The molecule has 0 saturated heterocycles. The summed E-state index contributed by atoms with van der Waals surface area (Å²) in [5.74, 6) is 0.512. The topological polar surface area (TPSA) is 9.23 Å². The average molecular weight is 415 g/mol. The largest absolute Gasteiger partial charge is 0.495 e. The quantitative estimate of drug-likeness (QED) is 0.505. The van der Waals surface area contributed by atoms with E-state index in [1.54, 1.807) is 18.2 Å². The first kappa shape index (κ1) is 16.3. The van der Waals surface area contributed by atoms with Crippen LogP contribution in [0.25, 0.3) is 0 Å². The molecule has 2 aromatic rings. The summed E-state index contributed by atoms with van der Waals surface area (Å²) in [5, 5.41) is 1.09. The number of rotatable bonds is 3.